The van der Waals surface area contributed by atoms with E-state index in [9.17, 15) is 4.79 Å². The van der Waals surface area contributed by atoms with Crippen LogP contribution < -0.4 is 10.6 Å². The summed E-state index contributed by atoms with van der Waals surface area (Å²) in [5.74, 6) is 0.122. The summed E-state index contributed by atoms with van der Waals surface area (Å²) in [6.45, 7) is 5.11. The zero-order valence-electron chi connectivity index (χ0n) is 12.0. The zero-order chi connectivity index (χ0) is 13.7. The number of hydrogen-bond acceptors (Lipinski definition) is 2. The quantitative estimate of drug-likeness (QED) is 0.876. The molecule has 1 aromatic rings. The number of benzene rings is 1. The van der Waals surface area contributed by atoms with E-state index in [1.165, 1.54) is 19.3 Å². The molecule has 1 aliphatic heterocycles. The van der Waals surface area contributed by atoms with Crippen molar-refractivity contribution in [2.75, 3.05) is 11.9 Å². The second kappa shape index (κ2) is 6.71. The molecule has 0 bridgehead atoms. The maximum Gasteiger partial charge on any atom is 0.225 e. The average Bonchev–Trinajstić information content (AvgIpc) is 2.63. The van der Waals surface area contributed by atoms with E-state index in [1.807, 2.05) is 32.0 Å². The Bertz CT molecular complexity index is 414. The summed E-state index contributed by atoms with van der Waals surface area (Å²) in [6, 6.07) is 6.43. The molecule has 1 fully saturated rings. The number of amides is 1. The lowest BCUT2D eigenvalue weighted by Crippen LogP contribution is -2.32. The van der Waals surface area contributed by atoms with E-state index in [0.717, 1.165) is 29.8 Å². The van der Waals surface area contributed by atoms with Gasteiger partial charge in [-0.3, -0.25) is 4.79 Å². The second-order valence-electron chi connectivity index (χ2n) is 5.52. The molecular weight excluding hydrogens is 236 g/mol. The van der Waals surface area contributed by atoms with Crippen molar-refractivity contribution < 1.29 is 4.79 Å². The highest BCUT2D eigenvalue weighted by Crippen LogP contribution is 2.20. The predicted octanol–water partition coefficient (Wildman–Crippen LogP) is 3.16. The van der Waals surface area contributed by atoms with E-state index in [1.54, 1.807) is 0 Å². The minimum absolute atomic E-state index is 0.122. The lowest BCUT2D eigenvalue weighted by atomic mass is 10.1. The van der Waals surface area contributed by atoms with Crippen LogP contribution in [0.25, 0.3) is 0 Å². The molecule has 0 aliphatic carbocycles. The highest BCUT2D eigenvalue weighted by atomic mass is 16.1. The van der Waals surface area contributed by atoms with Crippen LogP contribution in [0.4, 0.5) is 5.69 Å². The van der Waals surface area contributed by atoms with Crippen LogP contribution in [0, 0.1) is 13.8 Å². The molecule has 1 heterocycles. The molecular formula is C16H24N2O. The number of anilines is 1. The van der Waals surface area contributed by atoms with Gasteiger partial charge in [0.05, 0.1) is 0 Å². The number of nitrogens with one attached hydrogen (secondary N) is 2. The maximum atomic E-state index is 12.1. The number of carbonyl (C=O) groups excluding carboxylic acids is 1. The molecule has 1 aliphatic rings. The molecule has 2 rings (SSSR count). The van der Waals surface area contributed by atoms with Crippen molar-refractivity contribution in [1.29, 1.82) is 0 Å². The van der Waals surface area contributed by atoms with Crippen molar-refractivity contribution in [3.8, 4) is 0 Å². The first-order chi connectivity index (χ1) is 9.16. The molecule has 0 radical (unpaired) electrons. The molecule has 1 atom stereocenters. The van der Waals surface area contributed by atoms with Gasteiger partial charge < -0.3 is 10.6 Å². The molecule has 104 valence electrons. The second-order valence-corrected chi connectivity index (χ2v) is 5.52. The van der Waals surface area contributed by atoms with Gasteiger partial charge in [0, 0.05) is 18.2 Å². The summed E-state index contributed by atoms with van der Waals surface area (Å²) in [6.07, 6.45) is 5.43. The van der Waals surface area contributed by atoms with Gasteiger partial charge in [-0.2, -0.15) is 0 Å². The highest BCUT2D eigenvalue weighted by Gasteiger charge is 2.16. The monoisotopic (exact) mass is 260 g/mol. The number of aryl methyl sites for hydroxylation is 2. The highest BCUT2D eigenvalue weighted by molar-refractivity contribution is 5.92. The van der Waals surface area contributed by atoms with Crippen LogP contribution in [0.15, 0.2) is 18.2 Å². The number of hydrogen-bond donors (Lipinski definition) is 2. The molecule has 3 heteroatoms. The van der Waals surface area contributed by atoms with Gasteiger partial charge in [-0.1, -0.05) is 31.0 Å². The molecule has 1 aromatic carbocycles. The van der Waals surface area contributed by atoms with E-state index in [0.29, 0.717) is 12.5 Å². The molecule has 3 nitrogen and oxygen atoms in total. The maximum absolute atomic E-state index is 12.1. The minimum atomic E-state index is 0.122. The molecule has 0 aromatic heterocycles. The van der Waals surface area contributed by atoms with Crippen LogP contribution in [-0.2, 0) is 4.79 Å². The van der Waals surface area contributed by atoms with Gasteiger partial charge >= 0.3 is 0 Å². The Kier molecular flexibility index (Phi) is 4.97. The van der Waals surface area contributed by atoms with Gasteiger partial charge in [-0.05, 0) is 44.4 Å². The van der Waals surface area contributed by atoms with Crippen LogP contribution in [0.2, 0.25) is 0 Å². The molecule has 19 heavy (non-hydrogen) atoms. The summed E-state index contributed by atoms with van der Waals surface area (Å²) in [5.41, 5.74) is 3.23. The van der Waals surface area contributed by atoms with Crippen molar-refractivity contribution in [2.24, 2.45) is 0 Å². The summed E-state index contributed by atoms with van der Waals surface area (Å²) >= 11 is 0. The normalized spacial score (nSPS) is 19.8. The van der Waals surface area contributed by atoms with E-state index < -0.39 is 0 Å². The summed E-state index contributed by atoms with van der Waals surface area (Å²) < 4.78 is 0. The average molecular weight is 260 g/mol. The minimum Gasteiger partial charge on any atom is -0.326 e. The van der Waals surface area contributed by atoms with Crippen molar-refractivity contribution in [2.45, 2.75) is 52.0 Å². The van der Waals surface area contributed by atoms with E-state index in [2.05, 4.69) is 10.6 Å². The molecule has 1 amide bonds. The van der Waals surface area contributed by atoms with Crippen molar-refractivity contribution in [3.05, 3.63) is 29.3 Å². The largest absolute Gasteiger partial charge is 0.326 e. The van der Waals surface area contributed by atoms with Gasteiger partial charge in [0.15, 0.2) is 0 Å². The fourth-order valence-corrected chi connectivity index (χ4v) is 2.70. The lowest BCUT2D eigenvalue weighted by Gasteiger charge is -2.17. The van der Waals surface area contributed by atoms with Gasteiger partial charge in [0.25, 0.3) is 0 Å². The summed E-state index contributed by atoms with van der Waals surface area (Å²) in [4.78, 5) is 12.1. The number of para-hydroxylation sites is 1. The predicted molar refractivity (Wildman–Crippen MR) is 79.4 cm³/mol. The van der Waals surface area contributed by atoms with E-state index in [-0.39, 0.29) is 5.91 Å². The van der Waals surface area contributed by atoms with Crippen LogP contribution >= 0.6 is 0 Å². The van der Waals surface area contributed by atoms with Gasteiger partial charge in [-0.15, -0.1) is 0 Å². The Morgan fingerprint density at radius 3 is 2.74 bits per heavy atom. The molecule has 0 spiro atoms. The summed E-state index contributed by atoms with van der Waals surface area (Å²) in [5, 5.41) is 6.53. The SMILES string of the molecule is Cc1cccc(C)c1NC(=O)CC1CCCCCN1. The van der Waals surface area contributed by atoms with Gasteiger partial charge in [0.2, 0.25) is 5.91 Å². The zero-order valence-corrected chi connectivity index (χ0v) is 12.0. The third-order valence-corrected chi connectivity index (χ3v) is 3.84. The smallest absolute Gasteiger partial charge is 0.225 e. The fraction of sp³-hybridized carbons (Fsp3) is 0.562. The van der Waals surface area contributed by atoms with Crippen LogP contribution in [0.1, 0.15) is 43.2 Å². The Balaban J connectivity index is 1.93. The molecule has 1 unspecified atom stereocenters. The Labute approximate surface area is 115 Å². The topological polar surface area (TPSA) is 41.1 Å². The van der Waals surface area contributed by atoms with E-state index in [4.69, 9.17) is 0 Å². The summed E-state index contributed by atoms with van der Waals surface area (Å²) in [7, 11) is 0. The van der Waals surface area contributed by atoms with Crippen molar-refractivity contribution >= 4 is 11.6 Å². The van der Waals surface area contributed by atoms with Crippen LogP contribution in [0.5, 0.6) is 0 Å². The van der Waals surface area contributed by atoms with Gasteiger partial charge in [-0.25, -0.2) is 0 Å². The molecule has 0 saturated carbocycles. The van der Waals surface area contributed by atoms with E-state index >= 15 is 0 Å². The van der Waals surface area contributed by atoms with Crippen LogP contribution in [-0.4, -0.2) is 18.5 Å². The third-order valence-electron chi connectivity index (χ3n) is 3.84. The first kappa shape index (κ1) is 14.1. The Morgan fingerprint density at radius 2 is 2.00 bits per heavy atom. The third kappa shape index (κ3) is 4.06. The fourth-order valence-electron chi connectivity index (χ4n) is 2.70. The standard InChI is InChI=1S/C16H24N2O/c1-12-7-6-8-13(2)16(12)18-15(19)11-14-9-4-3-5-10-17-14/h6-8,14,17H,3-5,9-11H2,1-2H3,(H,18,19). The Hall–Kier alpha value is -1.35. The first-order valence-corrected chi connectivity index (χ1v) is 7.26. The lowest BCUT2D eigenvalue weighted by molar-refractivity contribution is -0.116. The first-order valence-electron chi connectivity index (χ1n) is 7.26. The van der Waals surface area contributed by atoms with Crippen molar-refractivity contribution in [1.82, 2.24) is 5.32 Å². The number of rotatable bonds is 3. The molecule has 2 N–H and O–H groups in total. The van der Waals surface area contributed by atoms with Crippen LogP contribution in [0.3, 0.4) is 0 Å². The van der Waals surface area contributed by atoms with Gasteiger partial charge in [0.1, 0.15) is 0 Å². The molecule has 1 saturated heterocycles. The number of carbonyl (C=O) groups is 1. The Morgan fingerprint density at radius 1 is 1.26 bits per heavy atom. The van der Waals surface area contributed by atoms with Crippen molar-refractivity contribution in [3.63, 3.8) is 0 Å².